The summed E-state index contributed by atoms with van der Waals surface area (Å²) >= 11 is 0. The van der Waals surface area contributed by atoms with Crippen molar-refractivity contribution in [3.8, 4) is 11.5 Å². The molecule has 0 unspecified atom stereocenters. The molecule has 0 amide bonds. The number of benzene rings is 1. The molecule has 27 heavy (non-hydrogen) atoms. The van der Waals surface area contributed by atoms with Gasteiger partial charge in [-0.15, -0.1) is 0 Å². The second-order valence-electron chi connectivity index (χ2n) is 6.12. The van der Waals surface area contributed by atoms with Crippen LogP contribution in [0.5, 0.6) is 11.5 Å². The molecule has 0 aliphatic heterocycles. The van der Waals surface area contributed by atoms with E-state index in [9.17, 15) is 9.59 Å². The molecule has 0 bridgehead atoms. The zero-order valence-corrected chi connectivity index (χ0v) is 16.8. The van der Waals surface area contributed by atoms with Gasteiger partial charge in [-0.2, -0.15) is 0 Å². The third kappa shape index (κ3) is 6.43. The number of esters is 2. The number of hydrogen-bond acceptors (Lipinski definition) is 7. The van der Waals surface area contributed by atoms with E-state index in [-0.39, 0.29) is 19.6 Å². The van der Waals surface area contributed by atoms with E-state index in [2.05, 4.69) is 0 Å². The highest BCUT2D eigenvalue weighted by Gasteiger charge is 2.43. The van der Waals surface area contributed by atoms with Gasteiger partial charge in [-0.25, -0.2) is 0 Å². The molecule has 0 atom stereocenters. The lowest BCUT2D eigenvalue weighted by Crippen LogP contribution is -2.39. The number of carbonyl (C=O) groups is 2. The summed E-state index contributed by atoms with van der Waals surface area (Å²) in [4.78, 5) is 24.4. The van der Waals surface area contributed by atoms with Crippen LogP contribution in [0.4, 0.5) is 0 Å². The van der Waals surface area contributed by atoms with E-state index in [0.717, 1.165) is 5.56 Å². The van der Waals surface area contributed by atoms with E-state index >= 15 is 0 Å². The summed E-state index contributed by atoms with van der Waals surface area (Å²) in [5.74, 6) is 0.156. The molecule has 1 rings (SSSR count). The summed E-state index contributed by atoms with van der Waals surface area (Å²) in [6.45, 7) is 6.16. The minimum Gasteiger partial charge on any atom is -0.493 e. The van der Waals surface area contributed by atoms with Gasteiger partial charge in [-0.3, -0.25) is 9.59 Å². The number of carbonyl (C=O) groups excluding carboxylic acids is 2. The van der Waals surface area contributed by atoms with E-state index in [1.54, 1.807) is 35.0 Å². The molecule has 0 radical (unpaired) electrons. The predicted molar refractivity (Wildman–Crippen MR) is 99.8 cm³/mol. The van der Waals surface area contributed by atoms with Gasteiger partial charge in [0.05, 0.1) is 34.0 Å². The number of ether oxygens (including phenoxy) is 5. The molecule has 0 fully saturated rings. The van der Waals surface area contributed by atoms with Gasteiger partial charge >= 0.3 is 11.9 Å². The van der Waals surface area contributed by atoms with Crippen LogP contribution in [0.25, 0.3) is 0 Å². The van der Waals surface area contributed by atoms with Gasteiger partial charge in [0.1, 0.15) is 0 Å². The average Bonchev–Trinajstić information content (AvgIpc) is 2.67. The first-order valence-electron chi connectivity index (χ1n) is 9.06. The normalized spacial score (nSPS) is 11.0. The monoisotopic (exact) mass is 382 g/mol. The highest BCUT2D eigenvalue weighted by atomic mass is 16.6. The molecule has 152 valence electrons. The average molecular weight is 382 g/mol. The van der Waals surface area contributed by atoms with Crippen LogP contribution in [0.1, 0.15) is 39.2 Å². The summed E-state index contributed by atoms with van der Waals surface area (Å²) in [5.41, 5.74) is -0.384. The highest BCUT2D eigenvalue weighted by Crippen LogP contribution is 2.29. The van der Waals surface area contributed by atoms with Crippen LogP contribution in [0.3, 0.4) is 0 Å². The second kappa shape index (κ2) is 11.4. The Morgan fingerprint density at radius 3 is 2.07 bits per heavy atom. The van der Waals surface area contributed by atoms with Crippen molar-refractivity contribution >= 4 is 11.9 Å². The number of rotatable bonds is 12. The van der Waals surface area contributed by atoms with E-state index in [1.807, 2.05) is 18.2 Å². The third-order valence-corrected chi connectivity index (χ3v) is 4.13. The largest absolute Gasteiger partial charge is 0.493 e. The Balaban J connectivity index is 2.56. The molecule has 7 nitrogen and oxygen atoms in total. The summed E-state index contributed by atoms with van der Waals surface area (Å²) in [6.07, 6.45) is 0.804. The summed E-state index contributed by atoms with van der Waals surface area (Å²) in [7, 11) is 3.16. The van der Waals surface area contributed by atoms with E-state index in [0.29, 0.717) is 31.1 Å². The molecular weight excluding hydrogens is 352 g/mol. The zero-order chi connectivity index (χ0) is 20.3. The standard InChI is InChI=1S/C20H30O7/c1-6-26-18(21)20(3,19(22)27-7-2)11-8-12-25-14-15-9-10-16(23-4)17(13-15)24-5/h9-10,13H,6-8,11-12,14H2,1-5H3. The summed E-state index contributed by atoms with van der Waals surface area (Å²) < 4.78 is 26.2. The maximum Gasteiger partial charge on any atom is 0.323 e. The fourth-order valence-electron chi connectivity index (χ4n) is 2.56. The molecule has 1 aromatic rings. The molecule has 0 heterocycles. The zero-order valence-electron chi connectivity index (χ0n) is 16.8. The molecule has 0 aliphatic carbocycles. The van der Waals surface area contributed by atoms with Crippen molar-refractivity contribution < 1.29 is 33.3 Å². The van der Waals surface area contributed by atoms with Gasteiger partial charge in [-0.1, -0.05) is 6.07 Å². The Bertz CT molecular complexity index is 594. The van der Waals surface area contributed by atoms with Crippen LogP contribution in [0.15, 0.2) is 18.2 Å². The topological polar surface area (TPSA) is 80.3 Å². The highest BCUT2D eigenvalue weighted by molar-refractivity contribution is 5.99. The van der Waals surface area contributed by atoms with Crippen molar-refractivity contribution in [2.24, 2.45) is 5.41 Å². The van der Waals surface area contributed by atoms with Gasteiger partial charge in [0, 0.05) is 6.61 Å². The lowest BCUT2D eigenvalue weighted by molar-refractivity contribution is -0.171. The van der Waals surface area contributed by atoms with Gasteiger partial charge in [0.2, 0.25) is 0 Å². The molecule has 0 saturated heterocycles. The fourth-order valence-corrected chi connectivity index (χ4v) is 2.56. The minimum atomic E-state index is -1.32. The molecule has 0 aromatic heterocycles. The first-order chi connectivity index (χ1) is 12.9. The van der Waals surface area contributed by atoms with Crippen molar-refractivity contribution in [1.82, 2.24) is 0 Å². The summed E-state index contributed by atoms with van der Waals surface area (Å²) in [5, 5.41) is 0. The van der Waals surface area contributed by atoms with E-state index in [4.69, 9.17) is 23.7 Å². The summed E-state index contributed by atoms with van der Waals surface area (Å²) in [6, 6.07) is 5.55. The first-order valence-corrected chi connectivity index (χ1v) is 9.06. The smallest absolute Gasteiger partial charge is 0.323 e. The fraction of sp³-hybridized carbons (Fsp3) is 0.600. The molecule has 0 spiro atoms. The molecular formula is C20H30O7. The van der Waals surface area contributed by atoms with Crippen LogP contribution in [0, 0.1) is 5.41 Å². The van der Waals surface area contributed by atoms with E-state index < -0.39 is 17.4 Å². The van der Waals surface area contributed by atoms with Crippen LogP contribution in [-0.2, 0) is 30.4 Å². The number of methoxy groups -OCH3 is 2. The van der Waals surface area contributed by atoms with Crippen molar-refractivity contribution in [1.29, 1.82) is 0 Å². The lowest BCUT2D eigenvalue weighted by Gasteiger charge is -2.24. The predicted octanol–water partition coefficient (Wildman–Crippen LogP) is 3.13. The van der Waals surface area contributed by atoms with Gasteiger partial charge < -0.3 is 23.7 Å². The minimum absolute atomic E-state index is 0.212. The van der Waals surface area contributed by atoms with Crippen LogP contribution < -0.4 is 9.47 Å². The molecule has 0 N–H and O–H groups in total. The maximum atomic E-state index is 12.2. The molecule has 0 aliphatic rings. The Labute approximate surface area is 160 Å². The first kappa shape index (κ1) is 22.8. The van der Waals surface area contributed by atoms with Crippen molar-refractivity contribution in [3.63, 3.8) is 0 Å². The van der Waals surface area contributed by atoms with Gasteiger partial charge in [-0.05, 0) is 51.3 Å². The van der Waals surface area contributed by atoms with Crippen LogP contribution in [-0.4, -0.2) is 46.0 Å². The van der Waals surface area contributed by atoms with Crippen LogP contribution >= 0.6 is 0 Å². The third-order valence-electron chi connectivity index (χ3n) is 4.13. The quantitative estimate of drug-likeness (QED) is 0.312. The molecule has 1 aromatic carbocycles. The van der Waals surface area contributed by atoms with Crippen molar-refractivity contribution in [3.05, 3.63) is 23.8 Å². The second-order valence-corrected chi connectivity index (χ2v) is 6.12. The van der Waals surface area contributed by atoms with E-state index in [1.165, 1.54) is 0 Å². The SMILES string of the molecule is CCOC(=O)C(C)(CCCOCc1ccc(OC)c(OC)c1)C(=O)OCC. The lowest BCUT2D eigenvalue weighted by atomic mass is 9.85. The Kier molecular flexibility index (Phi) is 9.64. The van der Waals surface area contributed by atoms with Crippen molar-refractivity contribution in [2.75, 3.05) is 34.0 Å². The Hall–Kier alpha value is -2.28. The van der Waals surface area contributed by atoms with Crippen molar-refractivity contribution in [2.45, 2.75) is 40.2 Å². The van der Waals surface area contributed by atoms with Gasteiger partial charge in [0.15, 0.2) is 16.9 Å². The number of hydrogen-bond donors (Lipinski definition) is 0. The maximum absolute atomic E-state index is 12.2. The molecule has 7 heteroatoms. The molecule has 0 saturated carbocycles. The van der Waals surface area contributed by atoms with Gasteiger partial charge in [0.25, 0.3) is 0 Å². The Morgan fingerprint density at radius 1 is 0.963 bits per heavy atom. The van der Waals surface area contributed by atoms with Crippen LogP contribution in [0.2, 0.25) is 0 Å². The Morgan fingerprint density at radius 2 is 1.56 bits per heavy atom.